The van der Waals surface area contributed by atoms with E-state index in [1.807, 2.05) is 36.0 Å². The maximum Gasteiger partial charge on any atom is 0.234 e. The first-order chi connectivity index (χ1) is 9.06. The molecule has 1 fully saturated rings. The molecule has 19 heavy (non-hydrogen) atoms. The number of carbonyl (C=O) groups excluding carboxylic acids is 2. The second-order valence-corrected chi connectivity index (χ2v) is 4.98. The summed E-state index contributed by atoms with van der Waals surface area (Å²) in [4.78, 5) is 23.1. The van der Waals surface area contributed by atoms with Gasteiger partial charge < -0.3 is 10.3 Å². The minimum Gasteiger partial charge on any atom is -0.397 e. The van der Waals surface area contributed by atoms with Gasteiger partial charge in [-0.2, -0.15) is 0 Å². The first-order valence-electron chi connectivity index (χ1n) is 6.24. The van der Waals surface area contributed by atoms with Gasteiger partial charge in [-0.1, -0.05) is 0 Å². The molecule has 0 saturated carbocycles. The molecule has 0 aliphatic carbocycles. The average Bonchev–Trinajstić information content (AvgIpc) is 2.71. The molecule has 5 heteroatoms. The summed E-state index contributed by atoms with van der Waals surface area (Å²) < 4.78 is 1.96. The molecule has 5 nitrogen and oxygen atoms in total. The molecule has 2 aromatic rings. The van der Waals surface area contributed by atoms with E-state index in [9.17, 15) is 9.59 Å². The zero-order valence-electron chi connectivity index (χ0n) is 10.6. The summed E-state index contributed by atoms with van der Waals surface area (Å²) in [7, 11) is 1.93. The van der Waals surface area contributed by atoms with Crippen LogP contribution in [0.4, 0.5) is 5.69 Å². The summed E-state index contributed by atoms with van der Waals surface area (Å²) >= 11 is 0. The van der Waals surface area contributed by atoms with Crippen molar-refractivity contribution in [1.29, 1.82) is 0 Å². The number of fused-ring (bicyclic) bond motifs is 1. The van der Waals surface area contributed by atoms with E-state index >= 15 is 0 Å². The van der Waals surface area contributed by atoms with Crippen molar-refractivity contribution in [2.75, 3.05) is 5.73 Å². The number of nitrogens with zero attached hydrogens (tertiary/aromatic N) is 1. The number of nitrogen functional groups attached to an aromatic ring is 1. The Hall–Kier alpha value is -2.30. The predicted octanol–water partition coefficient (Wildman–Crippen LogP) is 1.28. The first-order valence-corrected chi connectivity index (χ1v) is 6.24. The quantitative estimate of drug-likeness (QED) is 0.597. The highest BCUT2D eigenvalue weighted by molar-refractivity contribution is 6.02. The number of hydrogen-bond donors (Lipinski definition) is 2. The number of rotatable bonds is 1. The van der Waals surface area contributed by atoms with Crippen molar-refractivity contribution < 1.29 is 9.59 Å². The molecular weight excluding hydrogens is 242 g/mol. The summed E-state index contributed by atoms with van der Waals surface area (Å²) in [6.45, 7) is 0. The maximum absolute atomic E-state index is 11.9. The van der Waals surface area contributed by atoms with Crippen molar-refractivity contribution in [3.8, 4) is 0 Å². The van der Waals surface area contributed by atoms with Gasteiger partial charge >= 0.3 is 0 Å². The van der Waals surface area contributed by atoms with Crippen molar-refractivity contribution in [3.05, 3.63) is 30.0 Å². The van der Waals surface area contributed by atoms with E-state index in [1.54, 1.807) is 0 Å². The lowest BCUT2D eigenvalue weighted by molar-refractivity contribution is -0.134. The van der Waals surface area contributed by atoms with E-state index in [0.29, 0.717) is 18.5 Å². The van der Waals surface area contributed by atoms with E-state index in [0.717, 1.165) is 16.5 Å². The van der Waals surface area contributed by atoms with E-state index < -0.39 is 0 Å². The zero-order chi connectivity index (χ0) is 13.6. The van der Waals surface area contributed by atoms with Crippen LogP contribution < -0.4 is 11.1 Å². The minimum atomic E-state index is -0.287. The Balaban J connectivity index is 2.06. The molecule has 3 N–H and O–H groups in total. The fourth-order valence-electron chi connectivity index (χ4n) is 2.72. The van der Waals surface area contributed by atoms with Gasteiger partial charge in [-0.05, 0) is 30.2 Å². The molecule has 1 aromatic carbocycles. The number of aromatic nitrogens is 1. The molecule has 3 rings (SSSR count). The molecule has 1 atom stereocenters. The predicted molar refractivity (Wildman–Crippen MR) is 72.5 cm³/mol. The molecule has 0 spiro atoms. The van der Waals surface area contributed by atoms with Crippen LogP contribution in [0.5, 0.6) is 0 Å². The van der Waals surface area contributed by atoms with Crippen LogP contribution in [0.25, 0.3) is 10.9 Å². The number of carbonyl (C=O) groups is 2. The van der Waals surface area contributed by atoms with E-state index in [1.165, 1.54) is 0 Å². The molecule has 0 bridgehead atoms. The van der Waals surface area contributed by atoms with Gasteiger partial charge in [-0.3, -0.25) is 14.9 Å². The van der Waals surface area contributed by atoms with E-state index in [-0.39, 0.29) is 17.7 Å². The van der Waals surface area contributed by atoms with Crippen molar-refractivity contribution in [2.45, 2.75) is 18.8 Å². The van der Waals surface area contributed by atoms with Crippen LogP contribution in [0.3, 0.4) is 0 Å². The van der Waals surface area contributed by atoms with Crippen molar-refractivity contribution in [3.63, 3.8) is 0 Å². The third-order valence-corrected chi connectivity index (χ3v) is 3.66. The van der Waals surface area contributed by atoms with Gasteiger partial charge in [-0.25, -0.2) is 0 Å². The summed E-state index contributed by atoms with van der Waals surface area (Å²) in [6.07, 6.45) is 2.86. The number of nitrogens with two attached hydrogens (primary N) is 1. The largest absolute Gasteiger partial charge is 0.397 e. The molecule has 2 amide bonds. The van der Waals surface area contributed by atoms with E-state index in [2.05, 4.69) is 5.32 Å². The number of imide groups is 1. The highest BCUT2D eigenvalue weighted by Crippen LogP contribution is 2.31. The summed E-state index contributed by atoms with van der Waals surface area (Å²) in [5.74, 6) is -0.717. The molecule has 98 valence electrons. The number of piperidine rings is 1. The molecule has 0 radical (unpaired) electrons. The average molecular weight is 257 g/mol. The van der Waals surface area contributed by atoms with Crippen LogP contribution in [0, 0.1) is 0 Å². The van der Waals surface area contributed by atoms with Crippen LogP contribution >= 0.6 is 0 Å². The van der Waals surface area contributed by atoms with E-state index in [4.69, 9.17) is 5.73 Å². The molecular formula is C14H15N3O2. The lowest BCUT2D eigenvalue weighted by Crippen LogP contribution is -2.39. The van der Waals surface area contributed by atoms with Gasteiger partial charge in [0.25, 0.3) is 0 Å². The van der Waals surface area contributed by atoms with Gasteiger partial charge in [0.2, 0.25) is 11.8 Å². The van der Waals surface area contributed by atoms with Crippen LogP contribution in [-0.4, -0.2) is 16.4 Å². The Labute approximate surface area is 110 Å². The standard InChI is InChI=1S/C14H15N3O2/c1-17-5-4-8-6-9(7-11(15)13(8)17)10-2-3-12(18)16-14(10)19/h4-7,10H,2-3,15H2,1H3,(H,16,18,19). The zero-order valence-corrected chi connectivity index (χ0v) is 10.6. The van der Waals surface area contributed by atoms with Gasteiger partial charge in [0.1, 0.15) is 0 Å². The number of anilines is 1. The Morgan fingerprint density at radius 2 is 2.16 bits per heavy atom. The highest BCUT2D eigenvalue weighted by Gasteiger charge is 2.28. The smallest absolute Gasteiger partial charge is 0.234 e. The third-order valence-electron chi connectivity index (χ3n) is 3.66. The van der Waals surface area contributed by atoms with Crippen LogP contribution in [0.2, 0.25) is 0 Å². The summed E-state index contributed by atoms with van der Waals surface area (Å²) in [5.41, 5.74) is 8.56. The number of amides is 2. The SMILES string of the molecule is Cn1ccc2cc(C3CCC(=O)NC3=O)cc(N)c21. The van der Waals surface area contributed by atoms with Crippen molar-refractivity contribution in [1.82, 2.24) is 9.88 Å². The Morgan fingerprint density at radius 1 is 1.37 bits per heavy atom. The number of aryl methyl sites for hydroxylation is 1. The van der Waals surface area contributed by atoms with Crippen LogP contribution in [-0.2, 0) is 16.6 Å². The van der Waals surface area contributed by atoms with Crippen molar-refractivity contribution >= 4 is 28.4 Å². The topological polar surface area (TPSA) is 77.1 Å². The Kier molecular flexibility index (Phi) is 2.55. The lowest BCUT2D eigenvalue weighted by atomic mass is 9.89. The highest BCUT2D eigenvalue weighted by atomic mass is 16.2. The molecule has 1 saturated heterocycles. The summed E-state index contributed by atoms with van der Waals surface area (Å²) in [5, 5.41) is 3.39. The monoisotopic (exact) mass is 257 g/mol. The van der Waals surface area contributed by atoms with Crippen LogP contribution in [0.15, 0.2) is 24.4 Å². The first kappa shape index (κ1) is 11.8. The van der Waals surface area contributed by atoms with Gasteiger partial charge in [0.05, 0.1) is 17.1 Å². The minimum absolute atomic E-state index is 0.199. The van der Waals surface area contributed by atoms with Crippen molar-refractivity contribution in [2.24, 2.45) is 7.05 Å². The third kappa shape index (κ3) is 1.87. The Bertz CT molecular complexity index is 687. The number of nitrogens with one attached hydrogen (secondary N) is 1. The lowest BCUT2D eigenvalue weighted by Gasteiger charge is -2.21. The maximum atomic E-state index is 11.9. The molecule has 2 heterocycles. The molecule has 1 aliphatic heterocycles. The second kappa shape index (κ2) is 4.12. The normalized spacial score (nSPS) is 19.7. The van der Waals surface area contributed by atoms with Gasteiger partial charge in [0.15, 0.2) is 0 Å². The number of hydrogen-bond acceptors (Lipinski definition) is 3. The van der Waals surface area contributed by atoms with Gasteiger partial charge in [-0.15, -0.1) is 0 Å². The van der Waals surface area contributed by atoms with Crippen LogP contribution in [0.1, 0.15) is 24.3 Å². The Morgan fingerprint density at radius 3 is 2.89 bits per heavy atom. The second-order valence-electron chi connectivity index (χ2n) is 4.98. The number of benzene rings is 1. The van der Waals surface area contributed by atoms with Gasteiger partial charge in [0, 0.05) is 25.1 Å². The fourth-order valence-corrected chi connectivity index (χ4v) is 2.72. The molecule has 1 aromatic heterocycles. The molecule has 1 unspecified atom stereocenters. The summed E-state index contributed by atoms with van der Waals surface area (Å²) in [6, 6.07) is 5.79. The molecule has 1 aliphatic rings. The fraction of sp³-hybridized carbons (Fsp3) is 0.286.